The highest BCUT2D eigenvalue weighted by Crippen LogP contribution is 2.22. The Hall–Kier alpha value is -0.680. The van der Waals surface area contributed by atoms with Crippen molar-refractivity contribution in [3.63, 3.8) is 0 Å². The molecule has 1 heterocycles. The maximum Gasteiger partial charge on any atom is 0.202 e. The molecule has 0 aromatic carbocycles. The summed E-state index contributed by atoms with van der Waals surface area (Å²) in [4.78, 5) is 4.13. The number of nitrogens with zero attached hydrogens (tertiary/aromatic N) is 2. The molecule has 1 aromatic rings. The molecule has 1 aliphatic carbocycles. The van der Waals surface area contributed by atoms with Crippen LogP contribution in [-0.2, 0) is 0 Å². The summed E-state index contributed by atoms with van der Waals surface area (Å²) in [5.74, 6) is 0. The van der Waals surface area contributed by atoms with Crippen molar-refractivity contribution in [2.45, 2.75) is 37.8 Å². The molecule has 0 aliphatic heterocycles. The van der Waals surface area contributed by atoms with Gasteiger partial charge in [0.05, 0.1) is 0 Å². The number of aromatic nitrogens is 2. The van der Waals surface area contributed by atoms with Gasteiger partial charge >= 0.3 is 0 Å². The lowest BCUT2D eigenvalue weighted by atomic mass is 9.91. The highest BCUT2D eigenvalue weighted by atomic mass is 32.1. The molecule has 4 nitrogen and oxygen atoms in total. The van der Waals surface area contributed by atoms with Crippen LogP contribution in [0.25, 0.3) is 0 Å². The molecule has 1 saturated carbocycles. The molecule has 5 heteroatoms. The molecule has 14 heavy (non-hydrogen) atoms. The molecule has 0 saturated heterocycles. The number of anilines is 1. The van der Waals surface area contributed by atoms with Crippen LogP contribution in [0.5, 0.6) is 0 Å². The Labute approximate surface area is 88.3 Å². The molecule has 2 rings (SSSR count). The van der Waals surface area contributed by atoms with Gasteiger partial charge in [-0.15, -0.1) is 0 Å². The fourth-order valence-electron chi connectivity index (χ4n) is 1.94. The smallest absolute Gasteiger partial charge is 0.202 e. The first-order valence-electron chi connectivity index (χ1n) is 5.09. The van der Waals surface area contributed by atoms with E-state index in [1.165, 1.54) is 37.2 Å². The van der Waals surface area contributed by atoms with Crippen molar-refractivity contribution in [2.24, 2.45) is 0 Å². The van der Waals surface area contributed by atoms with Gasteiger partial charge in [-0.05, 0) is 32.7 Å². The molecule has 0 spiro atoms. The van der Waals surface area contributed by atoms with Gasteiger partial charge in [-0.1, -0.05) is 0 Å². The zero-order valence-electron chi connectivity index (χ0n) is 8.36. The van der Waals surface area contributed by atoms with E-state index in [9.17, 15) is 0 Å². The summed E-state index contributed by atoms with van der Waals surface area (Å²) in [6.45, 7) is 0. The average Bonchev–Trinajstić information content (AvgIpc) is 2.72. The lowest BCUT2D eigenvalue weighted by Gasteiger charge is -2.28. The second-order valence-electron chi connectivity index (χ2n) is 3.73. The van der Waals surface area contributed by atoms with Crippen molar-refractivity contribution in [3.8, 4) is 0 Å². The normalized spacial score (nSPS) is 27.5. The van der Waals surface area contributed by atoms with E-state index in [-0.39, 0.29) is 0 Å². The summed E-state index contributed by atoms with van der Waals surface area (Å²) in [6.07, 6.45) is 6.57. The summed E-state index contributed by atoms with van der Waals surface area (Å²) in [5.41, 5.74) is 0. The summed E-state index contributed by atoms with van der Waals surface area (Å²) in [5, 5.41) is 7.71. The molecule has 1 aromatic heterocycles. The van der Waals surface area contributed by atoms with Crippen LogP contribution in [0.15, 0.2) is 6.33 Å². The van der Waals surface area contributed by atoms with Gasteiger partial charge in [-0.25, -0.2) is 4.98 Å². The molecule has 0 unspecified atom stereocenters. The minimum Gasteiger partial charge on any atom is -0.358 e. The maximum atomic E-state index is 4.13. The van der Waals surface area contributed by atoms with Crippen LogP contribution < -0.4 is 10.6 Å². The van der Waals surface area contributed by atoms with Crippen LogP contribution in [0.2, 0.25) is 0 Å². The number of hydrogen-bond acceptors (Lipinski definition) is 5. The van der Waals surface area contributed by atoms with Crippen molar-refractivity contribution in [1.82, 2.24) is 14.7 Å². The van der Waals surface area contributed by atoms with E-state index in [2.05, 4.69) is 20.0 Å². The summed E-state index contributed by atoms with van der Waals surface area (Å²) in [6, 6.07) is 1.30. The minimum atomic E-state index is 0.590. The van der Waals surface area contributed by atoms with Crippen LogP contribution in [-0.4, -0.2) is 28.5 Å². The van der Waals surface area contributed by atoms with Crippen molar-refractivity contribution in [2.75, 3.05) is 12.4 Å². The Kier molecular flexibility index (Phi) is 3.31. The lowest BCUT2D eigenvalue weighted by Crippen LogP contribution is -2.34. The van der Waals surface area contributed by atoms with Gasteiger partial charge < -0.3 is 10.6 Å². The molecular formula is C9H16N4S. The molecule has 78 valence electrons. The topological polar surface area (TPSA) is 49.8 Å². The van der Waals surface area contributed by atoms with E-state index in [0.29, 0.717) is 12.1 Å². The Morgan fingerprint density at radius 1 is 1.29 bits per heavy atom. The third-order valence-electron chi connectivity index (χ3n) is 2.82. The predicted octanol–water partition coefficient (Wildman–Crippen LogP) is 1.48. The largest absolute Gasteiger partial charge is 0.358 e. The number of nitrogens with one attached hydrogen (secondary N) is 2. The van der Waals surface area contributed by atoms with Crippen molar-refractivity contribution in [1.29, 1.82) is 0 Å². The van der Waals surface area contributed by atoms with Crippen LogP contribution in [0.3, 0.4) is 0 Å². The van der Waals surface area contributed by atoms with Gasteiger partial charge in [0.2, 0.25) is 5.13 Å². The highest BCUT2D eigenvalue weighted by Gasteiger charge is 2.20. The number of rotatable bonds is 3. The Bertz CT molecular complexity index is 254. The van der Waals surface area contributed by atoms with Crippen molar-refractivity contribution >= 4 is 16.7 Å². The second kappa shape index (κ2) is 4.70. The predicted molar refractivity (Wildman–Crippen MR) is 58.6 cm³/mol. The monoisotopic (exact) mass is 212 g/mol. The van der Waals surface area contributed by atoms with Gasteiger partial charge in [0.15, 0.2) is 0 Å². The summed E-state index contributed by atoms with van der Waals surface area (Å²) < 4.78 is 3.97. The van der Waals surface area contributed by atoms with Gasteiger partial charge in [0.25, 0.3) is 0 Å². The van der Waals surface area contributed by atoms with E-state index in [1.54, 1.807) is 6.33 Å². The van der Waals surface area contributed by atoms with E-state index in [4.69, 9.17) is 0 Å². The van der Waals surface area contributed by atoms with E-state index < -0.39 is 0 Å². The van der Waals surface area contributed by atoms with Crippen LogP contribution >= 0.6 is 11.5 Å². The standard InChI is InChI=1S/C9H16N4S/c1-10-7-2-4-8(5-3-7)13-9-11-6-12-14-9/h6-8,10H,2-5H2,1H3,(H,11,12,13). The molecule has 1 aliphatic rings. The fourth-order valence-corrected chi connectivity index (χ4v) is 2.45. The molecule has 0 amide bonds. The molecule has 0 bridgehead atoms. The lowest BCUT2D eigenvalue weighted by molar-refractivity contribution is 0.371. The van der Waals surface area contributed by atoms with E-state index in [0.717, 1.165) is 5.13 Å². The first-order valence-corrected chi connectivity index (χ1v) is 5.86. The third kappa shape index (κ3) is 2.42. The third-order valence-corrected chi connectivity index (χ3v) is 3.42. The maximum absolute atomic E-state index is 4.13. The van der Waals surface area contributed by atoms with Crippen molar-refractivity contribution in [3.05, 3.63) is 6.33 Å². The number of hydrogen-bond donors (Lipinski definition) is 2. The molecular weight excluding hydrogens is 196 g/mol. The van der Waals surface area contributed by atoms with Gasteiger partial charge in [0.1, 0.15) is 6.33 Å². The van der Waals surface area contributed by atoms with Crippen LogP contribution in [0.4, 0.5) is 5.13 Å². The summed E-state index contributed by atoms with van der Waals surface area (Å²) in [7, 11) is 2.04. The van der Waals surface area contributed by atoms with Crippen LogP contribution in [0, 0.1) is 0 Å². The molecule has 2 N–H and O–H groups in total. The first-order chi connectivity index (χ1) is 6.88. The van der Waals surface area contributed by atoms with Crippen LogP contribution in [0.1, 0.15) is 25.7 Å². The zero-order valence-corrected chi connectivity index (χ0v) is 9.18. The molecule has 1 fully saturated rings. The Morgan fingerprint density at radius 2 is 2.00 bits per heavy atom. The first kappa shape index (κ1) is 9.86. The fraction of sp³-hybridized carbons (Fsp3) is 0.778. The second-order valence-corrected chi connectivity index (χ2v) is 4.51. The van der Waals surface area contributed by atoms with E-state index in [1.807, 2.05) is 7.05 Å². The zero-order chi connectivity index (χ0) is 9.80. The van der Waals surface area contributed by atoms with Gasteiger partial charge in [0, 0.05) is 23.6 Å². The SMILES string of the molecule is CNC1CCC(Nc2ncns2)CC1. The van der Waals surface area contributed by atoms with Gasteiger partial charge in [-0.3, -0.25) is 0 Å². The van der Waals surface area contributed by atoms with Crippen molar-refractivity contribution < 1.29 is 0 Å². The van der Waals surface area contributed by atoms with E-state index >= 15 is 0 Å². The minimum absolute atomic E-state index is 0.590. The summed E-state index contributed by atoms with van der Waals surface area (Å²) >= 11 is 1.44. The quantitative estimate of drug-likeness (QED) is 0.797. The van der Waals surface area contributed by atoms with Gasteiger partial charge in [-0.2, -0.15) is 4.37 Å². The highest BCUT2D eigenvalue weighted by molar-refractivity contribution is 7.09. The molecule has 0 radical (unpaired) electrons. The average molecular weight is 212 g/mol. The Balaban J connectivity index is 1.79. The Morgan fingerprint density at radius 3 is 2.57 bits per heavy atom. The molecule has 0 atom stereocenters.